The van der Waals surface area contributed by atoms with E-state index < -0.39 is 5.97 Å². The zero-order chi connectivity index (χ0) is 32.6. The fraction of sp³-hybridized carbons (Fsp3) is 0.441. The molecule has 2 aliphatic rings. The Morgan fingerprint density at radius 3 is 2.30 bits per heavy atom. The third-order valence-electron chi connectivity index (χ3n) is 8.51. The largest absolute Gasteiger partial charge is 0.481 e. The number of thiocarbonyl (C=S) groups is 1. The number of pyridine rings is 1. The number of carboxylic acids is 1. The first-order valence-corrected chi connectivity index (χ1v) is 17.2. The second-order valence-electron chi connectivity index (χ2n) is 11.8. The molecule has 0 atom stereocenters. The average molecular weight is 666 g/mol. The monoisotopic (exact) mass is 665 g/mol. The topological polar surface area (TPSA) is 98.5 Å². The van der Waals surface area contributed by atoms with Crippen molar-refractivity contribution in [1.82, 2.24) is 14.3 Å². The molecule has 0 aliphatic carbocycles. The molecule has 1 aromatic carbocycles. The van der Waals surface area contributed by atoms with Crippen molar-refractivity contribution >= 4 is 63.4 Å². The van der Waals surface area contributed by atoms with Crippen molar-refractivity contribution in [1.29, 1.82) is 0 Å². The first-order chi connectivity index (χ1) is 22.2. The van der Waals surface area contributed by atoms with E-state index in [4.69, 9.17) is 22.3 Å². The normalized spacial score (nSPS) is 16.3. The van der Waals surface area contributed by atoms with Gasteiger partial charge in [-0.3, -0.25) is 23.7 Å². The third kappa shape index (κ3) is 7.95. The maximum absolute atomic E-state index is 14.5. The lowest BCUT2D eigenvalue weighted by molar-refractivity contribution is -0.137. The fourth-order valence-corrected chi connectivity index (χ4v) is 7.26. The Kier molecular flexibility index (Phi) is 11.5. The van der Waals surface area contributed by atoms with E-state index in [-0.39, 0.29) is 23.7 Å². The van der Waals surface area contributed by atoms with Crippen LogP contribution in [0.2, 0.25) is 0 Å². The fourth-order valence-electron chi connectivity index (χ4n) is 5.97. The Bertz CT molecular complexity index is 1690. The van der Waals surface area contributed by atoms with Crippen LogP contribution < -0.4 is 15.4 Å². The summed E-state index contributed by atoms with van der Waals surface area (Å²) < 4.78 is 16.5. The molecule has 0 radical (unpaired) electrons. The van der Waals surface area contributed by atoms with Crippen LogP contribution in [0.1, 0.15) is 68.9 Å². The maximum atomic E-state index is 14.5. The molecule has 2 saturated heterocycles. The number of amides is 1. The number of fused-ring (bicyclic) bond motifs is 1. The summed E-state index contributed by atoms with van der Waals surface area (Å²) in [4.78, 5) is 49.1. The quantitative estimate of drug-likeness (QED) is 0.122. The SMILES string of the molecule is Cc1cccn2c(=O)c(C=C3SC(=S)N(CCCCCCCCCCC(=O)O)C3=O)c(N3CCN(c4ccccc4F)CC3)nc12. The van der Waals surface area contributed by atoms with Gasteiger partial charge >= 0.3 is 5.97 Å². The third-order valence-corrected chi connectivity index (χ3v) is 9.89. The number of thioether (sulfide) groups is 1. The molecule has 4 heterocycles. The first-order valence-electron chi connectivity index (χ1n) is 16.0. The minimum Gasteiger partial charge on any atom is -0.481 e. The van der Waals surface area contributed by atoms with Crippen LogP contribution in [-0.2, 0) is 9.59 Å². The van der Waals surface area contributed by atoms with Gasteiger partial charge in [0.05, 0.1) is 16.2 Å². The summed E-state index contributed by atoms with van der Waals surface area (Å²) in [6.07, 6.45) is 11.3. The number of nitrogens with zero attached hydrogens (tertiary/aromatic N) is 5. The Labute approximate surface area is 278 Å². The van der Waals surface area contributed by atoms with Crippen LogP contribution in [0, 0.1) is 12.7 Å². The number of hydrogen-bond donors (Lipinski definition) is 1. The number of aromatic nitrogens is 2. The van der Waals surface area contributed by atoms with E-state index in [1.807, 2.05) is 28.9 Å². The predicted octanol–water partition coefficient (Wildman–Crippen LogP) is 6.27. The van der Waals surface area contributed by atoms with E-state index in [2.05, 4.69) is 0 Å². The summed E-state index contributed by atoms with van der Waals surface area (Å²) >= 11 is 6.80. The lowest BCUT2D eigenvalue weighted by Gasteiger charge is -2.37. The number of benzene rings is 1. The van der Waals surface area contributed by atoms with Crippen molar-refractivity contribution in [2.45, 2.75) is 64.7 Å². The summed E-state index contributed by atoms with van der Waals surface area (Å²) in [6, 6.07) is 10.5. The van der Waals surface area contributed by atoms with Gasteiger partial charge in [-0.2, -0.15) is 0 Å². The highest BCUT2D eigenvalue weighted by Crippen LogP contribution is 2.34. The molecule has 1 amide bonds. The standard InChI is InChI=1S/C34H40FN5O4S2/c1-24-13-12-18-39-30(24)36-31(38-21-19-37(20-22-38)27-15-10-9-14-26(27)35)25(32(39)43)23-28-33(44)40(34(45)46-28)17-11-7-5-3-2-4-6-8-16-29(41)42/h9-10,12-15,18,23H,2-8,11,16-17,19-22H2,1H3,(H,41,42). The predicted molar refractivity (Wildman–Crippen MR) is 186 cm³/mol. The van der Waals surface area contributed by atoms with Crippen molar-refractivity contribution < 1.29 is 19.1 Å². The van der Waals surface area contributed by atoms with E-state index >= 15 is 0 Å². The van der Waals surface area contributed by atoms with Crippen LogP contribution in [0.4, 0.5) is 15.9 Å². The number of piperazine rings is 1. The molecule has 0 unspecified atom stereocenters. The minimum atomic E-state index is -0.737. The van der Waals surface area contributed by atoms with Crippen molar-refractivity contribution in [2.75, 3.05) is 42.5 Å². The van der Waals surface area contributed by atoms with E-state index in [1.165, 1.54) is 22.2 Å². The second kappa shape index (κ2) is 15.7. The number of carboxylic acid groups (broad SMARTS) is 1. The molecule has 5 rings (SSSR count). The number of para-hydroxylation sites is 1. The van der Waals surface area contributed by atoms with Crippen LogP contribution in [0.5, 0.6) is 0 Å². The van der Waals surface area contributed by atoms with Crippen LogP contribution in [0.3, 0.4) is 0 Å². The van der Waals surface area contributed by atoms with Crippen molar-refractivity contribution in [3.63, 3.8) is 0 Å². The zero-order valence-corrected chi connectivity index (χ0v) is 27.8. The number of aliphatic carboxylic acids is 1. The molecule has 3 aromatic rings. The van der Waals surface area contributed by atoms with Gasteiger partial charge in [-0.05, 0) is 49.6 Å². The van der Waals surface area contributed by atoms with E-state index in [9.17, 15) is 18.8 Å². The Hall–Kier alpha value is -3.77. The van der Waals surface area contributed by atoms with Gasteiger partial charge in [0.2, 0.25) is 0 Å². The van der Waals surface area contributed by atoms with Gasteiger partial charge in [0, 0.05) is 45.3 Å². The van der Waals surface area contributed by atoms with Crippen molar-refractivity contribution in [3.05, 3.63) is 74.8 Å². The summed E-state index contributed by atoms with van der Waals surface area (Å²) in [5.41, 5.74) is 2.06. The molecule has 0 bridgehead atoms. The minimum absolute atomic E-state index is 0.197. The van der Waals surface area contributed by atoms with Gasteiger partial charge in [-0.25, -0.2) is 9.37 Å². The number of aryl methyl sites for hydroxylation is 1. The number of rotatable bonds is 14. The van der Waals surface area contributed by atoms with Gasteiger partial charge in [0.25, 0.3) is 11.5 Å². The molecule has 12 heteroatoms. The molecule has 2 fully saturated rings. The summed E-state index contributed by atoms with van der Waals surface area (Å²) in [6.45, 7) is 4.62. The molecular formula is C34H40FN5O4S2. The number of halogens is 1. The first kappa shape index (κ1) is 33.6. The zero-order valence-electron chi connectivity index (χ0n) is 26.1. The maximum Gasteiger partial charge on any atom is 0.303 e. The van der Waals surface area contributed by atoms with Crippen LogP contribution in [0.25, 0.3) is 11.7 Å². The Morgan fingerprint density at radius 2 is 1.61 bits per heavy atom. The van der Waals surface area contributed by atoms with Gasteiger partial charge in [0.1, 0.15) is 21.6 Å². The molecule has 46 heavy (non-hydrogen) atoms. The molecule has 1 N–H and O–H groups in total. The number of unbranched alkanes of at least 4 members (excludes halogenated alkanes) is 7. The highest BCUT2D eigenvalue weighted by molar-refractivity contribution is 8.26. The summed E-state index contributed by atoms with van der Waals surface area (Å²) in [5.74, 6) is -0.682. The molecule has 0 spiro atoms. The highest BCUT2D eigenvalue weighted by atomic mass is 32.2. The average Bonchev–Trinajstić information content (AvgIpc) is 3.31. The van der Waals surface area contributed by atoms with Gasteiger partial charge < -0.3 is 14.9 Å². The second-order valence-corrected chi connectivity index (χ2v) is 13.4. The smallest absolute Gasteiger partial charge is 0.303 e. The van der Waals surface area contributed by atoms with E-state index in [0.29, 0.717) is 64.7 Å². The molecule has 9 nitrogen and oxygen atoms in total. The molecule has 244 valence electrons. The lowest BCUT2D eigenvalue weighted by atomic mass is 10.1. The lowest BCUT2D eigenvalue weighted by Crippen LogP contribution is -2.47. The van der Waals surface area contributed by atoms with Gasteiger partial charge in [0.15, 0.2) is 0 Å². The van der Waals surface area contributed by atoms with Crippen molar-refractivity contribution in [3.8, 4) is 0 Å². The molecule has 2 aromatic heterocycles. The summed E-state index contributed by atoms with van der Waals surface area (Å²) in [7, 11) is 0. The van der Waals surface area contributed by atoms with Crippen molar-refractivity contribution in [2.24, 2.45) is 0 Å². The molecule has 0 saturated carbocycles. The number of carbonyl (C=O) groups excluding carboxylic acids is 1. The Morgan fingerprint density at radius 1 is 0.957 bits per heavy atom. The molecule has 2 aliphatic heterocycles. The van der Waals surface area contributed by atoms with Crippen LogP contribution >= 0.6 is 24.0 Å². The summed E-state index contributed by atoms with van der Waals surface area (Å²) in [5, 5.41) is 8.73. The number of hydrogen-bond acceptors (Lipinski definition) is 8. The van der Waals surface area contributed by atoms with Crippen LogP contribution in [0.15, 0.2) is 52.3 Å². The molecular weight excluding hydrogens is 626 g/mol. The number of carbonyl (C=O) groups is 2. The highest BCUT2D eigenvalue weighted by Gasteiger charge is 2.33. The number of anilines is 2. The van der Waals surface area contributed by atoms with E-state index in [1.54, 1.807) is 35.4 Å². The van der Waals surface area contributed by atoms with Gasteiger partial charge in [-0.15, -0.1) is 0 Å². The van der Waals surface area contributed by atoms with Crippen LogP contribution in [-0.4, -0.2) is 68.3 Å². The Balaban J connectivity index is 1.27. The van der Waals surface area contributed by atoms with Gasteiger partial charge in [-0.1, -0.05) is 80.7 Å². The van der Waals surface area contributed by atoms with E-state index in [0.717, 1.165) is 56.9 Å².